The number of allylic oxidation sites excluding steroid dienone is 1. The van der Waals surface area contributed by atoms with Crippen molar-refractivity contribution in [1.29, 1.82) is 0 Å². The van der Waals surface area contributed by atoms with Crippen molar-refractivity contribution < 1.29 is 19.4 Å². The summed E-state index contributed by atoms with van der Waals surface area (Å²) in [7, 11) is 0. The Morgan fingerprint density at radius 3 is 2.85 bits per heavy atom. The van der Waals surface area contributed by atoms with E-state index in [4.69, 9.17) is 15.6 Å². The van der Waals surface area contributed by atoms with Crippen molar-refractivity contribution >= 4 is 17.3 Å². The Bertz CT molecular complexity index is 602. The van der Waals surface area contributed by atoms with E-state index in [2.05, 4.69) is 0 Å². The van der Waals surface area contributed by atoms with Gasteiger partial charge in [0.1, 0.15) is 11.4 Å². The van der Waals surface area contributed by atoms with Crippen LogP contribution in [0.3, 0.4) is 0 Å². The molecule has 0 unspecified atom stereocenters. The number of aliphatic hydroxyl groups excluding tert-OH is 1. The smallest absolute Gasteiger partial charge is 0.187 e. The van der Waals surface area contributed by atoms with Crippen LogP contribution in [0, 0.1) is 0 Å². The van der Waals surface area contributed by atoms with Crippen LogP contribution < -0.4 is 10.5 Å². The molecule has 1 aromatic carbocycles. The molecule has 5 nitrogen and oxygen atoms in total. The Balaban J connectivity index is 2.48. The predicted molar refractivity (Wildman–Crippen MR) is 75.1 cm³/mol. The van der Waals surface area contributed by atoms with Gasteiger partial charge >= 0.3 is 0 Å². The molecule has 0 aliphatic carbocycles. The van der Waals surface area contributed by atoms with Crippen molar-refractivity contribution in [3.63, 3.8) is 0 Å². The van der Waals surface area contributed by atoms with E-state index in [0.717, 1.165) is 0 Å². The number of ketones is 2. The molecule has 0 amide bonds. The van der Waals surface area contributed by atoms with Gasteiger partial charge in [0.15, 0.2) is 11.6 Å². The molecule has 1 aliphatic rings. The molecule has 2 rings (SSSR count). The van der Waals surface area contributed by atoms with E-state index in [1.54, 1.807) is 6.07 Å². The molecule has 3 N–H and O–H groups in total. The third-order valence-corrected chi connectivity index (χ3v) is 3.10. The van der Waals surface area contributed by atoms with E-state index in [1.165, 1.54) is 18.2 Å². The minimum Gasteiger partial charge on any atom is -0.487 e. The number of rotatable bonds is 3. The Labute approximate surface area is 117 Å². The predicted octanol–water partition coefficient (Wildman–Crippen LogP) is 1.74. The summed E-state index contributed by atoms with van der Waals surface area (Å²) in [6, 6.07) is 3.12. The van der Waals surface area contributed by atoms with Gasteiger partial charge in [-0.3, -0.25) is 9.59 Å². The first kappa shape index (κ1) is 14.3. The lowest BCUT2D eigenvalue weighted by molar-refractivity contribution is 0.0622. The fourth-order valence-corrected chi connectivity index (χ4v) is 2.25. The lowest BCUT2D eigenvalue weighted by Gasteiger charge is -2.32. The molecule has 1 aromatic rings. The van der Waals surface area contributed by atoms with E-state index < -0.39 is 5.60 Å². The highest BCUT2D eigenvalue weighted by molar-refractivity contribution is 6.14. The molecule has 0 bridgehead atoms. The standard InChI is InChI=1S/C15H17NO4/c1-15(2)8-11(19)13-12(20-15)6-5-9(14(13)16)10(18)4-3-7-17/h3-6,17H,7-8,16H2,1-2H3. The number of ether oxygens (including phenoxy) is 1. The second-order valence-electron chi connectivity index (χ2n) is 5.31. The Morgan fingerprint density at radius 1 is 1.50 bits per heavy atom. The quantitative estimate of drug-likeness (QED) is 0.498. The summed E-state index contributed by atoms with van der Waals surface area (Å²) in [4.78, 5) is 24.1. The maximum absolute atomic E-state index is 12.2. The highest BCUT2D eigenvalue weighted by Gasteiger charge is 2.34. The number of carbonyl (C=O) groups excluding carboxylic acids is 2. The van der Waals surface area contributed by atoms with Gasteiger partial charge in [-0.15, -0.1) is 0 Å². The van der Waals surface area contributed by atoms with Crippen LogP contribution in [0.15, 0.2) is 24.3 Å². The summed E-state index contributed by atoms with van der Waals surface area (Å²) in [5, 5.41) is 8.68. The molecule has 0 fully saturated rings. The number of hydrogen-bond donors (Lipinski definition) is 2. The first-order chi connectivity index (χ1) is 9.35. The average molecular weight is 275 g/mol. The van der Waals surface area contributed by atoms with Crippen LogP contribution in [-0.4, -0.2) is 28.9 Å². The number of hydrogen-bond acceptors (Lipinski definition) is 5. The van der Waals surface area contributed by atoms with Gasteiger partial charge in [-0.25, -0.2) is 0 Å². The highest BCUT2D eigenvalue weighted by atomic mass is 16.5. The molecule has 0 saturated carbocycles. The van der Waals surface area contributed by atoms with Crippen molar-refractivity contribution in [2.75, 3.05) is 12.3 Å². The Morgan fingerprint density at radius 2 is 2.20 bits per heavy atom. The zero-order chi connectivity index (χ0) is 14.9. The molecule has 106 valence electrons. The molecular formula is C15H17NO4. The minimum absolute atomic E-state index is 0.130. The van der Waals surface area contributed by atoms with Crippen LogP contribution in [0.4, 0.5) is 5.69 Å². The monoisotopic (exact) mass is 275 g/mol. The third-order valence-electron chi connectivity index (χ3n) is 3.10. The van der Waals surface area contributed by atoms with E-state index in [9.17, 15) is 9.59 Å². The highest BCUT2D eigenvalue weighted by Crippen LogP contribution is 2.37. The van der Waals surface area contributed by atoms with Gasteiger partial charge in [0.2, 0.25) is 0 Å². The Kier molecular flexibility index (Phi) is 3.63. The molecule has 1 heterocycles. The zero-order valence-electron chi connectivity index (χ0n) is 11.5. The second-order valence-corrected chi connectivity index (χ2v) is 5.31. The van der Waals surface area contributed by atoms with Gasteiger partial charge in [-0.05, 0) is 32.1 Å². The van der Waals surface area contributed by atoms with Crippen molar-refractivity contribution in [1.82, 2.24) is 0 Å². The van der Waals surface area contributed by atoms with Crippen molar-refractivity contribution in [3.8, 4) is 5.75 Å². The van der Waals surface area contributed by atoms with Gasteiger partial charge < -0.3 is 15.6 Å². The van der Waals surface area contributed by atoms with E-state index >= 15 is 0 Å². The number of nitrogen functional groups attached to an aromatic ring is 1. The summed E-state index contributed by atoms with van der Waals surface area (Å²) in [5.41, 5.74) is 6.01. The number of nitrogens with two attached hydrogens (primary N) is 1. The fourth-order valence-electron chi connectivity index (χ4n) is 2.25. The summed E-state index contributed by atoms with van der Waals surface area (Å²) < 4.78 is 5.72. The van der Waals surface area contributed by atoms with Gasteiger partial charge in [-0.2, -0.15) is 0 Å². The SMILES string of the molecule is CC1(C)CC(=O)c2c(ccc(C(=O)C=CCO)c2N)O1. The van der Waals surface area contributed by atoms with Crippen molar-refractivity contribution in [2.24, 2.45) is 0 Å². The van der Waals surface area contributed by atoms with Crippen LogP contribution in [0.25, 0.3) is 0 Å². The van der Waals surface area contributed by atoms with Gasteiger partial charge in [0.25, 0.3) is 0 Å². The molecule has 0 saturated heterocycles. The van der Waals surface area contributed by atoms with Gasteiger partial charge in [0, 0.05) is 5.56 Å². The van der Waals surface area contributed by atoms with Crippen LogP contribution in [0.5, 0.6) is 5.75 Å². The topological polar surface area (TPSA) is 89.6 Å². The maximum atomic E-state index is 12.2. The van der Waals surface area contributed by atoms with Crippen LogP contribution >= 0.6 is 0 Å². The van der Waals surface area contributed by atoms with E-state index in [0.29, 0.717) is 5.75 Å². The normalized spacial score (nSPS) is 16.9. The number of Topliss-reactive ketones (excluding diaryl/α,β-unsaturated/α-hetero) is 1. The third kappa shape index (κ3) is 2.58. The minimum atomic E-state index is -0.571. The molecule has 0 atom stereocenters. The second kappa shape index (κ2) is 5.09. The summed E-state index contributed by atoms with van der Waals surface area (Å²) >= 11 is 0. The number of benzene rings is 1. The summed E-state index contributed by atoms with van der Waals surface area (Å²) in [5.74, 6) is -0.0713. The van der Waals surface area contributed by atoms with Gasteiger partial charge in [0.05, 0.1) is 24.3 Å². The number of fused-ring (bicyclic) bond motifs is 1. The maximum Gasteiger partial charge on any atom is 0.187 e. The molecule has 0 spiro atoms. The number of aliphatic hydroxyl groups is 1. The van der Waals surface area contributed by atoms with Crippen molar-refractivity contribution in [2.45, 2.75) is 25.9 Å². The van der Waals surface area contributed by atoms with E-state index in [1.807, 2.05) is 13.8 Å². The molecule has 5 heteroatoms. The summed E-state index contributed by atoms with van der Waals surface area (Å²) in [6.07, 6.45) is 2.77. The molecule has 1 aliphatic heterocycles. The first-order valence-electron chi connectivity index (χ1n) is 6.32. The molecule has 0 aromatic heterocycles. The molecule has 20 heavy (non-hydrogen) atoms. The average Bonchev–Trinajstić information content (AvgIpc) is 2.34. The largest absolute Gasteiger partial charge is 0.487 e. The first-order valence-corrected chi connectivity index (χ1v) is 6.32. The van der Waals surface area contributed by atoms with Crippen LogP contribution in [0.1, 0.15) is 41.0 Å². The number of carbonyl (C=O) groups is 2. The van der Waals surface area contributed by atoms with Crippen LogP contribution in [-0.2, 0) is 0 Å². The van der Waals surface area contributed by atoms with Gasteiger partial charge in [-0.1, -0.05) is 6.08 Å². The van der Waals surface area contributed by atoms with Crippen molar-refractivity contribution in [3.05, 3.63) is 35.4 Å². The van der Waals surface area contributed by atoms with Crippen LogP contribution in [0.2, 0.25) is 0 Å². The lowest BCUT2D eigenvalue weighted by atomic mass is 9.90. The number of anilines is 1. The molecule has 0 radical (unpaired) electrons. The molecular weight excluding hydrogens is 258 g/mol. The van der Waals surface area contributed by atoms with E-state index in [-0.39, 0.29) is 41.4 Å². The zero-order valence-corrected chi connectivity index (χ0v) is 11.5. The Hall–Kier alpha value is -2.14. The lowest BCUT2D eigenvalue weighted by Crippen LogP contribution is -2.36. The summed E-state index contributed by atoms with van der Waals surface area (Å²) in [6.45, 7) is 3.42. The fraction of sp³-hybridized carbons (Fsp3) is 0.333.